The minimum Gasteiger partial charge on any atom is -0.391 e. The SMILES string of the molecule is CS(=O)(=O)c1ccc(-c2ccccc2F)c(C(=O)N2CCN(c3cc(F)c(CO)c(F)c3)CC2)c1. The second-order valence-corrected chi connectivity index (χ2v) is 10.3. The van der Waals surface area contributed by atoms with Gasteiger partial charge in [-0.15, -0.1) is 0 Å². The van der Waals surface area contributed by atoms with Gasteiger partial charge in [-0.1, -0.05) is 24.3 Å². The Morgan fingerprint density at radius 1 is 0.886 bits per heavy atom. The first-order valence-electron chi connectivity index (χ1n) is 10.8. The van der Waals surface area contributed by atoms with Crippen LogP contribution in [0.5, 0.6) is 0 Å². The predicted octanol–water partition coefficient (Wildman–Crippen LogP) is 3.63. The van der Waals surface area contributed by atoms with Crippen LogP contribution in [0, 0.1) is 17.5 Å². The lowest BCUT2D eigenvalue weighted by Gasteiger charge is -2.36. The molecular formula is C25H23F3N2O4S. The van der Waals surface area contributed by atoms with Gasteiger partial charge < -0.3 is 14.9 Å². The summed E-state index contributed by atoms with van der Waals surface area (Å²) in [5.74, 6) is -2.73. The maximum atomic E-state index is 14.5. The van der Waals surface area contributed by atoms with Crippen LogP contribution < -0.4 is 4.90 Å². The molecule has 6 nitrogen and oxygen atoms in total. The smallest absolute Gasteiger partial charge is 0.254 e. The first kappa shape index (κ1) is 24.7. The summed E-state index contributed by atoms with van der Waals surface area (Å²) in [7, 11) is -3.62. The number of aliphatic hydroxyl groups excluding tert-OH is 1. The molecule has 0 aromatic heterocycles. The molecule has 0 saturated carbocycles. The number of anilines is 1. The topological polar surface area (TPSA) is 77.9 Å². The summed E-state index contributed by atoms with van der Waals surface area (Å²) < 4.78 is 66.9. The van der Waals surface area contributed by atoms with E-state index in [-0.39, 0.29) is 53.5 Å². The Hall–Kier alpha value is -3.37. The first-order chi connectivity index (χ1) is 16.6. The molecule has 1 aliphatic rings. The fraction of sp³-hybridized carbons (Fsp3) is 0.240. The summed E-state index contributed by atoms with van der Waals surface area (Å²) in [5.41, 5.74) is 0.372. The number of nitrogens with zero attached hydrogens (tertiary/aromatic N) is 2. The number of aliphatic hydroxyl groups is 1. The van der Waals surface area contributed by atoms with Gasteiger partial charge in [-0.05, 0) is 35.9 Å². The Labute approximate surface area is 201 Å². The van der Waals surface area contributed by atoms with Crippen LogP contribution in [0.2, 0.25) is 0 Å². The van der Waals surface area contributed by atoms with E-state index in [1.54, 1.807) is 11.0 Å². The minimum atomic E-state index is -3.62. The average molecular weight is 505 g/mol. The predicted molar refractivity (Wildman–Crippen MR) is 125 cm³/mol. The number of benzene rings is 3. The lowest BCUT2D eigenvalue weighted by atomic mass is 9.98. The second-order valence-electron chi connectivity index (χ2n) is 8.28. The maximum absolute atomic E-state index is 14.5. The molecule has 1 heterocycles. The molecule has 184 valence electrons. The van der Waals surface area contributed by atoms with E-state index in [1.165, 1.54) is 41.3 Å². The van der Waals surface area contributed by atoms with Gasteiger partial charge in [0, 0.05) is 54.8 Å². The van der Waals surface area contributed by atoms with Crippen molar-refractivity contribution in [3.8, 4) is 11.1 Å². The zero-order chi connectivity index (χ0) is 25.3. The quantitative estimate of drug-likeness (QED) is 0.574. The van der Waals surface area contributed by atoms with Crippen LogP contribution in [0.1, 0.15) is 15.9 Å². The highest BCUT2D eigenvalue weighted by atomic mass is 32.2. The molecule has 3 aromatic carbocycles. The number of sulfone groups is 1. The molecule has 35 heavy (non-hydrogen) atoms. The molecule has 0 aliphatic carbocycles. The van der Waals surface area contributed by atoms with Crippen molar-refractivity contribution in [2.24, 2.45) is 0 Å². The third-order valence-corrected chi connectivity index (χ3v) is 7.14. The van der Waals surface area contributed by atoms with Crippen molar-refractivity contribution in [3.05, 3.63) is 83.2 Å². The summed E-state index contributed by atoms with van der Waals surface area (Å²) >= 11 is 0. The van der Waals surface area contributed by atoms with Crippen LogP contribution in [-0.4, -0.2) is 56.8 Å². The fourth-order valence-corrected chi connectivity index (χ4v) is 4.75. The monoisotopic (exact) mass is 504 g/mol. The van der Waals surface area contributed by atoms with Gasteiger partial charge in [0.05, 0.1) is 11.5 Å². The van der Waals surface area contributed by atoms with E-state index in [9.17, 15) is 26.4 Å². The third-order valence-electron chi connectivity index (χ3n) is 6.03. The molecule has 1 amide bonds. The molecule has 1 fully saturated rings. The van der Waals surface area contributed by atoms with Gasteiger partial charge in [0.2, 0.25) is 0 Å². The van der Waals surface area contributed by atoms with E-state index < -0.39 is 45.4 Å². The molecule has 1 N–H and O–H groups in total. The van der Waals surface area contributed by atoms with E-state index in [1.807, 2.05) is 0 Å². The zero-order valence-corrected chi connectivity index (χ0v) is 19.7. The largest absolute Gasteiger partial charge is 0.391 e. The van der Waals surface area contributed by atoms with Crippen LogP contribution in [-0.2, 0) is 16.4 Å². The fourth-order valence-electron chi connectivity index (χ4n) is 4.11. The Morgan fingerprint density at radius 3 is 2.09 bits per heavy atom. The van der Waals surface area contributed by atoms with Crippen molar-refractivity contribution in [3.63, 3.8) is 0 Å². The lowest BCUT2D eigenvalue weighted by Crippen LogP contribution is -2.49. The molecule has 1 aliphatic heterocycles. The van der Waals surface area contributed by atoms with E-state index in [0.29, 0.717) is 0 Å². The van der Waals surface area contributed by atoms with Crippen molar-refractivity contribution >= 4 is 21.4 Å². The minimum absolute atomic E-state index is 0.0517. The first-order valence-corrected chi connectivity index (χ1v) is 12.7. The maximum Gasteiger partial charge on any atom is 0.254 e. The summed E-state index contributed by atoms with van der Waals surface area (Å²) in [6.45, 7) is 0.179. The number of carbonyl (C=O) groups excluding carboxylic acids is 1. The van der Waals surface area contributed by atoms with E-state index in [2.05, 4.69) is 0 Å². The van der Waals surface area contributed by atoms with E-state index >= 15 is 0 Å². The van der Waals surface area contributed by atoms with E-state index in [0.717, 1.165) is 18.4 Å². The second kappa shape index (κ2) is 9.71. The molecule has 0 bridgehead atoms. The van der Waals surface area contributed by atoms with Crippen LogP contribution in [0.4, 0.5) is 18.9 Å². The normalized spacial score (nSPS) is 14.3. The third kappa shape index (κ3) is 5.03. The molecule has 4 rings (SSSR count). The number of hydrogen-bond acceptors (Lipinski definition) is 5. The average Bonchev–Trinajstić information content (AvgIpc) is 2.83. The Balaban J connectivity index is 1.62. The van der Waals surface area contributed by atoms with Crippen LogP contribution in [0.15, 0.2) is 59.5 Å². The Morgan fingerprint density at radius 2 is 1.51 bits per heavy atom. The van der Waals surface area contributed by atoms with Gasteiger partial charge in [0.25, 0.3) is 5.91 Å². The molecule has 3 aromatic rings. The van der Waals surface area contributed by atoms with Gasteiger partial charge in [0.1, 0.15) is 17.5 Å². The van der Waals surface area contributed by atoms with Gasteiger partial charge in [-0.3, -0.25) is 4.79 Å². The standard InChI is InChI=1S/C25H23F3N2O4S/c1-35(33,34)17-6-7-18(19-4-2-3-5-22(19)26)20(14-17)25(32)30-10-8-29(9-11-30)16-12-23(27)21(15-31)24(28)13-16/h2-7,12-14,31H,8-11,15H2,1H3. The molecule has 10 heteroatoms. The van der Waals surface area contributed by atoms with Crippen molar-refractivity contribution in [2.75, 3.05) is 37.3 Å². The highest BCUT2D eigenvalue weighted by molar-refractivity contribution is 7.90. The van der Waals surface area contributed by atoms with Gasteiger partial charge in [-0.25, -0.2) is 21.6 Å². The number of rotatable bonds is 5. The van der Waals surface area contributed by atoms with Crippen molar-refractivity contribution in [1.29, 1.82) is 0 Å². The molecule has 0 spiro atoms. The number of piperazine rings is 1. The molecular weight excluding hydrogens is 481 g/mol. The molecule has 1 saturated heterocycles. The lowest BCUT2D eigenvalue weighted by molar-refractivity contribution is 0.0747. The van der Waals surface area contributed by atoms with Crippen molar-refractivity contribution in [1.82, 2.24) is 4.90 Å². The number of halogens is 3. The Kier molecular flexibility index (Phi) is 6.86. The van der Waals surface area contributed by atoms with Crippen LogP contribution >= 0.6 is 0 Å². The van der Waals surface area contributed by atoms with Gasteiger partial charge >= 0.3 is 0 Å². The summed E-state index contributed by atoms with van der Waals surface area (Å²) in [5, 5.41) is 9.10. The number of carbonyl (C=O) groups is 1. The number of amides is 1. The van der Waals surface area contributed by atoms with Gasteiger partial charge in [-0.2, -0.15) is 0 Å². The molecule has 0 radical (unpaired) electrons. The summed E-state index contributed by atoms with van der Waals surface area (Å²) in [6, 6.07) is 12.2. The highest BCUT2D eigenvalue weighted by Gasteiger charge is 2.27. The Bertz CT molecular complexity index is 1360. The van der Waals surface area contributed by atoms with Crippen LogP contribution in [0.3, 0.4) is 0 Å². The van der Waals surface area contributed by atoms with Crippen molar-refractivity contribution in [2.45, 2.75) is 11.5 Å². The van der Waals surface area contributed by atoms with Crippen molar-refractivity contribution < 1.29 is 31.5 Å². The zero-order valence-electron chi connectivity index (χ0n) is 18.8. The van der Waals surface area contributed by atoms with Crippen LogP contribution in [0.25, 0.3) is 11.1 Å². The summed E-state index contributed by atoms with van der Waals surface area (Å²) in [6.07, 6.45) is 1.03. The van der Waals surface area contributed by atoms with Gasteiger partial charge in [0.15, 0.2) is 9.84 Å². The highest BCUT2D eigenvalue weighted by Crippen LogP contribution is 2.30. The summed E-state index contributed by atoms with van der Waals surface area (Å²) in [4.78, 5) is 16.6. The number of hydrogen-bond donors (Lipinski definition) is 1. The molecule has 0 unspecified atom stereocenters. The molecule has 0 atom stereocenters. The van der Waals surface area contributed by atoms with E-state index in [4.69, 9.17) is 5.11 Å².